The number of benzene rings is 1. The van der Waals surface area contributed by atoms with Crippen molar-refractivity contribution in [3.63, 3.8) is 0 Å². The van der Waals surface area contributed by atoms with Crippen molar-refractivity contribution >= 4 is 11.9 Å². The molecule has 0 amide bonds. The van der Waals surface area contributed by atoms with Crippen molar-refractivity contribution in [3.05, 3.63) is 35.4 Å². The Hall–Kier alpha value is -1.88. The Balaban J connectivity index is 1.94. The van der Waals surface area contributed by atoms with E-state index < -0.39 is 5.97 Å². The quantitative estimate of drug-likeness (QED) is 0.786. The van der Waals surface area contributed by atoms with E-state index in [2.05, 4.69) is 5.32 Å². The van der Waals surface area contributed by atoms with Gasteiger partial charge in [-0.15, -0.1) is 0 Å². The van der Waals surface area contributed by atoms with Gasteiger partial charge in [-0.3, -0.25) is 4.79 Å². The molecule has 0 bridgehead atoms. The average Bonchev–Trinajstić information content (AvgIpc) is 2.94. The SMILES string of the molecule is CCOC(=O)[C@@H]1CCC[C@@H]1NCc1cccc(C(=O)O)c1. The fraction of sp³-hybridized carbons (Fsp3) is 0.500. The fourth-order valence-electron chi connectivity index (χ4n) is 2.80. The number of rotatable bonds is 6. The number of carbonyl (C=O) groups is 2. The Morgan fingerprint density at radius 1 is 1.38 bits per heavy atom. The van der Waals surface area contributed by atoms with E-state index in [1.807, 2.05) is 13.0 Å². The van der Waals surface area contributed by atoms with E-state index in [4.69, 9.17) is 9.84 Å². The third kappa shape index (κ3) is 4.04. The molecule has 1 aromatic carbocycles. The summed E-state index contributed by atoms with van der Waals surface area (Å²) >= 11 is 0. The van der Waals surface area contributed by atoms with E-state index in [-0.39, 0.29) is 23.5 Å². The molecule has 1 fully saturated rings. The maximum atomic E-state index is 11.9. The van der Waals surface area contributed by atoms with Crippen molar-refractivity contribution in [1.29, 1.82) is 0 Å². The van der Waals surface area contributed by atoms with Crippen LogP contribution in [0, 0.1) is 5.92 Å². The number of hydrogen-bond donors (Lipinski definition) is 2. The number of nitrogens with one attached hydrogen (secondary N) is 1. The first-order chi connectivity index (χ1) is 10.1. The van der Waals surface area contributed by atoms with Gasteiger partial charge in [0.05, 0.1) is 18.1 Å². The second-order valence-electron chi connectivity index (χ2n) is 5.28. The molecule has 0 radical (unpaired) electrons. The lowest BCUT2D eigenvalue weighted by Gasteiger charge is -2.19. The smallest absolute Gasteiger partial charge is 0.335 e. The molecule has 0 heterocycles. The van der Waals surface area contributed by atoms with Crippen molar-refractivity contribution < 1.29 is 19.4 Å². The van der Waals surface area contributed by atoms with Crippen LogP contribution in [-0.2, 0) is 16.1 Å². The molecule has 114 valence electrons. The van der Waals surface area contributed by atoms with Gasteiger partial charge in [-0.05, 0) is 37.5 Å². The van der Waals surface area contributed by atoms with Gasteiger partial charge in [-0.25, -0.2) is 4.79 Å². The van der Waals surface area contributed by atoms with Crippen molar-refractivity contribution in [2.75, 3.05) is 6.61 Å². The molecule has 0 spiro atoms. The van der Waals surface area contributed by atoms with Crippen LogP contribution >= 0.6 is 0 Å². The first-order valence-corrected chi connectivity index (χ1v) is 7.34. The zero-order chi connectivity index (χ0) is 15.2. The third-order valence-electron chi connectivity index (χ3n) is 3.85. The minimum Gasteiger partial charge on any atom is -0.478 e. The minimum absolute atomic E-state index is 0.0902. The van der Waals surface area contributed by atoms with Gasteiger partial charge in [0, 0.05) is 12.6 Å². The lowest BCUT2D eigenvalue weighted by Crippen LogP contribution is -2.36. The number of esters is 1. The lowest BCUT2D eigenvalue weighted by atomic mass is 10.0. The molecule has 0 saturated heterocycles. The van der Waals surface area contributed by atoms with Crippen LogP contribution in [0.5, 0.6) is 0 Å². The van der Waals surface area contributed by atoms with Gasteiger partial charge in [-0.1, -0.05) is 18.6 Å². The molecule has 0 unspecified atom stereocenters. The van der Waals surface area contributed by atoms with E-state index >= 15 is 0 Å². The predicted octanol–water partition coefficient (Wildman–Crippen LogP) is 2.21. The monoisotopic (exact) mass is 291 g/mol. The molecule has 5 heteroatoms. The Labute approximate surface area is 124 Å². The van der Waals surface area contributed by atoms with E-state index in [9.17, 15) is 9.59 Å². The van der Waals surface area contributed by atoms with Crippen LogP contribution < -0.4 is 5.32 Å². The number of ether oxygens (including phenoxy) is 1. The third-order valence-corrected chi connectivity index (χ3v) is 3.85. The summed E-state index contributed by atoms with van der Waals surface area (Å²) in [5.74, 6) is -1.15. The summed E-state index contributed by atoms with van der Waals surface area (Å²) in [5.41, 5.74) is 1.19. The van der Waals surface area contributed by atoms with Crippen LogP contribution in [0.2, 0.25) is 0 Å². The minimum atomic E-state index is -0.929. The molecule has 2 atom stereocenters. The van der Waals surface area contributed by atoms with E-state index in [0.29, 0.717) is 13.2 Å². The number of carboxylic acids is 1. The van der Waals surface area contributed by atoms with Crippen molar-refractivity contribution in [2.24, 2.45) is 5.92 Å². The van der Waals surface area contributed by atoms with E-state index in [1.54, 1.807) is 18.2 Å². The molecule has 1 saturated carbocycles. The van der Waals surface area contributed by atoms with Gasteiger partial charge < -0.3 is 15.2 Å². The molecular formula is C16H21NO4. The molecule has 0 aliphatic heterocycles. The zero-order valence-corrected chi connectivity index (χ0v) is 12.2. The van der Waals surface area contributed by atoms with Crippen molar-refractivity contribution in [2.45, 2.75) is 38.8 Å². The Morgan fingerprint density at radius 3 is 2.90 bits per heavy atom. The first kappa shape index (κ1) is 15.5. The second-order valence-corrected chi connectivity index (χ2v) is 5.28. The van der Waals surface area contributed by atoms with Gasteiger partial charge in [0.25, 0.3) is 0 Å². The highest BCUT2D eigenvalue weighted by atomic mass is 16.5. The zero-order valence-electron chi connectivity index (χ0n) is 12.2. The summed E-state index contributed by atoms with van der Waals surface area (Å²) < 4.78 is 5.10. The van der Waals surface area contributed by atoms with Gasteiger partial charge in [0.1, 0.15) is 0 Å². The first-order valence-electron chi connectivity index (χ1n) is 7.34. The summed E-state index contributed by atoms with van der Waals surface area (Å²) in [5, 5.41) is 12.3. The molecule has 5 nitrogen and oxygen atoms in total. The van der Waals surface area contributed by atoms with Crippen LogP contribution in [-0.4, -0.2) is 29.7 Å². The fourth-order valence-corrected chi connectivity index (χ4v) is 2.80. The topological polar surface area (TPSA) is 75.6 Å². The van der Waals surface area contributed by atoms with Crippen LogP contribution in [0.1, 0.15) is 42.1 Å². The van der Waals surface area contributed by atoms with Gasteiger partial charge in [0.15, 0.2) is 0 Å². The maximum Gasteiger partial charge on any atom is 0.335 e. The Kier molecular flexibility index (Phi) is 5.33. The standard InChI is InChI=1S/C16H21NO4/c1-2-21-16(20)13-7-4-8-14(13)17-10-11-5-3-6-12(9-11)15(18)19/h3,5-6,9,13-14,17H,2,4,7-8,10H2,1H3,(H,18,19)/t13-,14+/m1/s1. The van der Waals surface area contributed by atoms with Crippen molar-refractivity contribution in [1.82, 2.24) is 5.32 Å². The highest BCUT2D eigenvalue weighted by Gasteiger charge is 2.33. The maximum absolute atomic E-state index is 11.9. The summed E-state index contributed by atoms with van der Waals surface area (Å²) in [7, 11) is 0. The summed E-state index contributed by atoms with van der Waals surface area (Å²) in [6.45, 7) is 2.77. The molecule has 1 aliphatic carbocycles. The highest BCUT2D eigenvalue weighted by Crippen LogP contribution is 2.27. The number of hydrogen-bond acceptors (Lipinski definition) is 4. The normalized spacial score (nSPS) is 21.2. The summed E-state index contributed by atoms with van der Waals surface area (Å²) in [6.07, 6.45) is 2.81. The molecule has 1 aliphatic rings. The molecule has 21 heavy (non-hydrogen) atoms. The van der Waals surface area contributed by atoms with Crippen molar-refractivity contribution in [3.8, 4) is 0 Å². The van der Waals surface area contributed by atoms with Crippen LogP contribution in [0.4, 0.5) is 0 Å². The van der Waals surface area contributed by atoms with E-state index in [1.165, 1.54) is 0 Å². The second kappa shape index (κ2) is 7.22. The summed E-state index contributed by atoms with van der Waals surface area (Å²) in [6, 6.07) is 6.95. The van der Waals surface area contributed by atoms with E-state index in [0.717, 1.165) is 24.8 Å². The van der Waals surface area contributed by atoms with Gasteiger partial charge >= 0.3 is 11.9 Å². The predicted molar refractivity (Wildman–Crippen MR) is 78.0 cm³/mol. The molecule has 2 rings (SSSR count). The lowest BCUT2D eigenvalue weighted by molar-refractivity contribution is -0.148. The van der Waals surface area contributed by atoms with Crippen LogP contribution in [0.25, 0.3) is 0 Å². The van der Waals surface area contributed by atoms with Crippen LogP contribution in [0.15, 0.2) is 24.3 Å². The highest BCUT2D eigenvalue weighted by molar-refractivity contribution is 5.87. The molecule has 0 aromatic heterocycles. The number of carbonyl (C=O) groups excluding carboxylic acids is 1. The number of carboxylic acid groups (broad SMARTS) is 1. The Morgan fingerprint density at radius 2 is 2.19 bits per heavy atom. The van der Waals surface area contributed by atoms with Gasteiger partial charge in [-0.2, -0.15) is 0 Å². The largest absolute Gasteiger partial charge is 0.478 e. The molecular weight excluding hydrogens is 270 g/mol. The Bertz CT molecular complexity index is 515. The van der Waals surface area contributed by atoms with Crippen LogP contribution in [0.3, 0.4) is 0 Å². The van der Waals surface area contributed by atoms with Gasteiger partial charge in [0.2, 0.25) is 0 Å². The molecule has 2 N–H and O–H groups in total. The summed E-state index contributed by atoms with van der Waals surface area (Å²) in [4.78, 5) is 22.8. The number of aromatic carboxylic acids is 1. The average molecular weight is 291 g/mol. The molecule has 1 aromatic rings.